The third-order valence-electron chi connectivity index (χ3n) is 4.56. The summed E-state index contributed by atoms with van der Waals surface area (Å²) in [5, 5.41) is 16.1. The summed E-state index contributed by atoms with van der Waals surface area (Å²) < 4.78 is 4.55. The smallest absolute Gasteiger partial charge is 0.414 e. The van der Waals surface area contributed by atoms with Gasteiger partial charge in [-0.05, 0) is 56.2 Å². The van der Waals surface area contributed by atoms with E-state index in [1.807, 2.05) is 0 Å². The van der Waals surface area contributed by atoms with Crippen molar-refractivity contribution in [3.05, 3.63) is 10.8 Å². The van der Waals surface area contributed by atoms with Crippen molar-refractivity contribution in [2.45, 2.75) is 37.5 Å². The first-order chi connectivity index (χ1) is 10.5. The van der Waals surface area contributed by atoms with Crippen molar-refractivity contribution in [2.24, 2.45) is 5.92 Å². The highest BCUT2D eigenvalue weighted by Gasteiger charge is 2.37. The molecule has 22 heavy (non-hydrogen) atoms. The first kappa shape index (κ1) is 15.4. The van der Waals surface area contributed by atoms with Gasteiger partial charge in [0.2, 0.25) is 0 Å². The molecule has 120 valence electrons. The van der Waals surface area contributed by atoms with Crippen LogP contribution in [0.3, 0.4) is 0 Å². The Balaban J connectivity index is 0.000000209. The van der Waals surface area contributed by atoms with E-state index < -0.39 is 11.9 Å². The molecule has 1 aromatic rings. The van der Waals surface area contributed by atoms with Gasteiger partial charge < -0.3 is 15.1 Å². The Hall–Kier alpha value is -1.54. The topological polar surface area (TPSA) is 104 Å². The van der Waals surface area contributed by atoms with Crippen molar-refractivity contribution in [3.8, 4) is 0 Å². The van der Waals surface area contributed by atoms with Gasteiger partial charge in [0, 0.05) is 18.4 Å². The fourth-order valence-electron chi connectivity index (χ4n) is 3.15. The number of aliphatic carboxylic acids is 2. The monoisotopic (exact) mass is 325 g/mol. The zero-order valence-corrected chi connectivity index (χ0v) is 13.0. The van der Waals surface area contributed by atoms with Gasteiger partial charge >= 0.3 is 11.9 Å². The normalized spacial score (nSPS) is 29.5. The summed E-state index contributed by atoms with van der Waals surface area (Å²) in [5.41, 5.74) is 0. The molecule has 1 atom stereocenters. The molecule has 4 fully saturated rings. The van der Waals surface area contributed by atoms with Crippen LogP contribution in [0.5, 0.6) is 0 Å². The molecular formula is C14H19N3O4S. The summed E-state index contributed by atoms with van der Waals surface area (Å²) in [6.45, 7) is 3.87. The maximum absolute atomic E-state index is 9.10. The Morgan fingerprint density at radius 1 is 1.09 bits per heavy atom. The molecule has 3 saturated heterocycles. The predicted octanol–water partition coefficient (Wildman–Crippen LogP) is 1.38. The number of aromatic nitrogens is 2. The Labute approximate surface area is 132 Å². The minimum Gasteiger partial charge on any atom is -0.473 e. The third kappa shape index (κ3) is 3.44. The van der Waals surface area contributed by atoms with E-state index in [0.717, 1.165) is 11.7 Å². The molecule has 4 aliphatic rings. The molecule has 0 spiro atoms. The Bertz CT molecular complexity index is 552. The van der Waals surface area contributed by atoms with Crippen LogP contribution in [0.25, 0.3) is 0 Å². The standard InChI is InChI=1S/C12H17N3S.C2H2O4/c1-2-9(1)11-13-12(16-14-11)10-7-15-5-3-8(10)4-6-15;3-1(4)2(5)6/h8-10H,1-7H2;(H,3,4)(H,5,6). The van der Waals surface area contributed by atoms with E-state index in [0.29, 0.717) is 11.8 Å². The van der Waals surface area contributed by atoms with Crippen LogP contribution < -0.4 is 0 Å². The van der Waals surface area contributed by atoms with Gasteiger partial charge in [-0.2, -0.15) is 4.37 Å². The SMILES string of the molecule is C1CC1c1nsc(C2CN3CCC2CC3)n1.O=C(O)C(=O)O. The fraction of sp³-hybridized carbons (Fsp3) is 0.714. The molecule has 4 heterocycles. The molecule has 0 aromatic carbocycles. The summed E-state index contributed by atoms with van der Waals surface area (Å²) in [6, 6.07) is 0. The second kappa shape index (κ2) is 6.29. The van der Waals surface area contributed by atoms with Crippen LogP contribution in [-0.2, 0) is 9.59 Å². The molecule has 8 heteroatoms. The van der Waals surface area contributed by atoms with Crippen LogP contribution >= 0.6 is 11.5 Å². The lowest BCUT2D eigenvalue weighted by Gasteiger charge is -2.43. The quantitative estimate of drug-likeness (QED) is 0.792. The molecule has 3 aliphatic heterocycles. The van der Waals surface area contributed by atoms with Crippen molar-refractivity contribution in [1.29, 1.82) is 0 Å². The second-order valence-corrected chi connectivity index (χ2v) is 6.90. The van der Waals surface area contributed by atoms with Gasteiger partial charge in [0.05, 0.1) is 0 Å². The maximum atomic E-state index is 9.10. The molecule has 1 aliphatic carbocycles. The number of rotatable bonds is 2. The van der Waals surface area contributed by atoms with E-state index in [1.54, 1.807) is 11.5 Å². The van der Waals surface area contributed by atoms with Crippen molar-refractivity contribution in [1.82, 2.24) is 14.3 Å². The molecule has 7 nitrogen and oxygen atoms in total. The minimum absolute atomic E-state index is 0.701. The van der Waals surface area contributed by atoms with Gasteiger partial charge in [-0.1, -0.05) is 0 Å². The maximum Gasteiger partial charge on any atom is 0.414 e. The molecule has 2 bridgehead atoms. The third-order valence-corrected chi connectivity index (χ3v) is 5.42. The van der Waals surface area contributed by atoms with Gasteiger partial charge in [0.1, 0.15) is 10.8 Å². The van der Waals surface area contributed by atoms with E-state index in [-0.39, 0.29) is 0 Å². The van der Waals surface area contributed by atoms with Gasteiger partial charge in [0.15, 0.2) is 0 Å². The Kier molecular flexibility index (Phi) is 4.39. The molecule has 1 saturated carbocycles. The summed E-state index contributed by atoms with van der Waals surface area (Å²) >= 11 is 1.68. The summed E-state index contributed by atoms with van der Waals surface area (Å²) in [6.07, 6.45) is 5.39. The van der Waals surface area contributed by atoms with Gasteiger partial charge in [-0.15, -0.1) is 0 Å². The lowest BCUT2D eigenvalue weighted by atomic mass is 9.79. The van der Waals surface area contributed by atoms with Crippen LogP contribution in [0.1, 0.15) is 48.4 Å². The van der Waals surface area contributed by atoms with Crippen molar-refractivity contribution in [2.75, 3.05) is 19.6 Å². The van der Waals surface area contributed by atoms with Crippen molar-refractivity contribution in [3.63, 3.8) is 0 Å². The second-order valence-electron chi connectivity index (χ2n) is 6.12. The predicted molar refractivity (Wildman–Crippen MR) is 79.1 cm³/mol. The number of carboxylic acid groups (broad SMARTS) is 2. The molecule has 1 aromatic heterocycles. The van der Waals surface area contributed by atoms with Gasteiger partial charge in [-0.3, -0.25) is 0 Å². The lowest BCUT2D eigenvalue weighted by molar-refractivity contribution is -0.159. The van der Waals surface area contributed by atoms with Crippen molar-refractivity contribution < 1.29 is 19.8 Å². The van der Waals surface area contributed by atoms with Gasteiger partial charge in [-0.25, -0.2) is 14.6 Å². The zero-order valence-electron chi connectivity index (χ0n) is 12.1. The van der Waals surface area contributed by atoms with E-state index in [4.69, 9.17) is 24.8 Å². The highest BCUT2D eigenvalue weighted by Crippen LogP contribution is 2.42. The zero-order chi connectivity index (χ0) is 15.7. The van der Waals surface area contributed by atoms with E-state index in [9.17, 15) is 0 Å². The molecule has 5 rings (SSSR count). The number of piperidine rings is 3. The van der Waals surface area contributed by atoms with Crippen LogP contribution in [0.15, 0.2) is 0 Å². The van der Waals surface area contributed by atoms with Gasteiger partial charge in [0.25, 0.3) is 0 Å². The summed E-state index contributed by atoms with van der Waals surface area (Å²) in [7, 11) is 0. The molecule has 0 amide bonds. The highest BCUT2D eigenvalue weighted by molar-refractivity contribution is 7.05. The van der Waals surface area contributed by atoms with E-state index in [2.05, 4.69) is 9.27 Å². The summed E-state index contributed by atoms with van der Waals surface area (Å²) in [5.74, 6) is -0.190. The Morgan fingerprint density at radius 2 is 1.73 bits per heavy atom. The fourth-order valence-corrected chi connectivity index (χ4v) is 4.06. The van der Waals surface area contributed by atoms with Crippen LogP contribution in [-0.4, -0.2) is 56.0 Å². The van der Waals surface area contributed by atoms with E-state index in [1.165, 1.54) is 50.3 Å². The number of nitrogens with zero attached hydrogens (tertiary/aromatic N) is 3. The summed E-state index contributed by atoms with van der Waals surface area (Å²) in [4.78, 5) is 25.6. The number of fused-ring (bicyclic) bond motifs is 3. The van der Waals surface area contributed by atoms with Crippen LogP contribution in [0, 0.1) is 5.92 Å². The number of carboxylic acids is 2. The number of carbonyl (C=O) groups is 2. The van der Waals surface area contributed by atoms with E-state index >= 15 is 0 Å². The molecule has 0 radical (unpaired) electrons. The average Bonchev–Trinajstić information content (AvgIpc) is 3.26. The first-order valence-corrected chi connectivity index (χ1v) is 8.34. The minimum atomic E-state index is -1.82. The molecule has 1 unspecified atom stereocenters. The average molecular weight is 325 g/mol. The number of hydrogen-bond donors (Lipinski definition) is 2. The molecule has 2 N–H and O–H groups in total. The van der Waals surface area contributed by atoms with Crippen molar-refractivity contribution >= 4 is 23.5 Å². The number of hydrogen-bond acceptors (Lipinski definition) is 6. The first-order valence-electron chi connectivity index (χ1n) is 7.56. The van der Waals surface area contributed by atoms with Crippen LogP contribution in [0.4, 0.5) is 0 Å². The largest absolute Gasteiger partial charge is 0.473 e. The lowest BCUT2D eigenvalue weighted by Crippen LogP contribution is -2.46. The highest BCUT2D eigenvalue weighted by atomic mass is 32.1. The molecular weight excluding hydrogens is 306 g/mol. The van der Waals surface area contributed by atoms with Crippen LogP contribution in [0.2, 0.25) is 0 Å². The Morgan fingerprint density at radius 3 is 2.18 bits per heavy atom.